The highest BCUT2D eigenvalue weighted by Gasteiger charge is 1.99. The van der Waals surface area contributed by atoms with E-state index in [1.165, 1.54) is 79.0 Å². The van der Waals surface area contributed by atoms with Crippen LogP contribution in [0.15, 0.2) is 41.3 Å². The van der Waals surface area contributed by atoms with Crippen LogP contribution in [0.3, 0.4) is 0 Å². The summed E-state index contributed by atoms with van der Waals surface area (Å²) in [5.41, 5.74) is 1.50. The Kier molecular flexibility index (Phi) is 7.87. The second-order valence-electron chi connectivity index (χ2n) is 6.27. The van der Waals surface area contributed by atoms with Crippen LogP contribution < -0.4 is 0 Å². The Morgan fingerprint density at radius 2 is 1.36 bits per heavy atom. The normalized spacial score (nSPS) is 11.2. The minimum Gasteiger partial charge on any atom is -0.130 e. The van der Waals surface area contributed by atoms with E-state index < -0.39 is 0 Å². The summed E-state index contributed by atoms with van der Waals surface area (Å²) in [5.74, 6) is 0. The highest BCUT2D eigenvalue weighted by atomic mass is 32.2. The van der Waals surface area contributed by atoms with Gasteiger partial charge in [-0.1, -0.05) is 76.1 Å². The topological polar surface area (TPSA) is 0 Å². The molecule has 0 saturated heterocycles. The second kappa shape index (κ2) is 9.94. The van der Waals surface area contributed by atoms with E-state index in [0.29, 0.717) is 0 Å². The molecule has 0 amide bonds. The number of unbranched alkanes of at least 4 members (excludes halogenated alkanes) is 7. The van der Waals surface area contributed by atoms with E-state index in [0.717, 1.165) is 0 Å². The molecular weight excluding hydrogens is 284 g/mol. The van der Waals surface area contributed by atoms with Crippen molar-refractivity contribution in [2.45, 2.75) is 69.6 Å². The lowest BCUT2D eigenvalue weighted by molar-refractivity contribution is 0.575. The molecule has 2 aromatic carbocycles. The van der Waals surface area contributed by atoms with Gasteiger partial charge in [0.1, 0.15) is 0 Å². The summed E-state index contributed by atoms with van der Waals surface area (Å²) in [5, 5.41) is 2.75. The van der Waals surface area contributed by atoms with Crippen LogP contribution in [-0.4, -0.2) is 6.26 Å². The third-order valence-corrected chi connectivity index (χ3v) is 5.16. The molecule has 0 aliphatic heterocycles. The van der Waals surface area contributed by atoms with Crippen molar-refractivity contribution in [3.05, 3.63) is 42.0 Å². The van der Waals surface area contributed by atoms with Gasteiger partial charge in [-0.15, -0.1) is 11.8 Å². The van der Waals surface area contributed by atoms with Gasteiger partial charge in [-0.05, 0) is 47.6 Å². The fraction of sp³-hybridized carbons (Fsp3) is 0.524. The van der Waals surface area contributed by atoms with Crippen LogP contribution in [0.2, 0.25) is 0 Å². The van der Waals surface area contributed by atoms with E-state index in [1.54, 1.807) is 0 Å². The number of rotatable bonds is 10. The maximum atomic E-state index is 2.38. The van der Waals surface area contributed by atoms with Crippen LogP contribution in [0.1, 0.15) is 63.9 Å². The van der Waals surface area contributed by atoms with Gasteiger partial charge in [-0.25, -0.2) is 0 Å². The number of benzene rings is 2. The number of fused-ring (bicyclic) bond motifs is 1. The molecule has 2 aromatic rings. The summed E-state index contributed by atoms with van der Waals surface area (Å²) in [6.07, 6.45) is 14.5. The van der Waals surface area contributed by atoms with Gasteiger partial charge in [0.15, 0.2) is 0 Å². The fourth-order valence-corrected chi connectivity index (χ4v) is 3.47. The summed E-state index contributed by atoms with van der Waals surface area (Å²) < 4.78 is 0. The smallest absolute Gasteiger partial charge is 0.00755 e. The Hall–Kier alpha value is -0.950. The summed E-state index contributed by atoms with van der Waals surface area (Å²) in [7, 11) is 0. The van der Waals surface area contributed by atoms with Gasteiger partial charge in [0.25, 0.3) is 0 Å². The maximum absolute atomic E-state index is 2.38. The van der Waals surface area contributed by atoms with Gasteiger partial charge in [0.2, 0.25) is 0 Å². The van der Waals surface area contributed by atoms with Crippen LogP contribution in [0.5, 0.6) is 0 Å². The Balaban J connectivity index is 1.73. The minimum atomic E-state index is 1.23. The molecule has 0 aromatic heterocycles. The van der Waals surface area contributed by atoms with E-state index in [4.69, 9.17) is 0 Å². The molecule has 0 nitrogen and oxygen atoms in total. The molecule has 0 radical (unpaired) electrons. The number of aryl methyl sites for hydroxylation is 1. The maximum Gasteiger partial charge on any atom is 0.00755 e. The largest absolute Gasteiger partial charge is 0.130 e. The average molecular weight is 315 g/mol. The Morgan fingerprint density at radius 1 is 0.727 bits per heavy atom. The molecule has 120 valence electrons. The molecular formula is C21H30S. The van der Waals surface area contributed by atoms with Crippen LogP contribution in [0.4, 0.5) is 0 Å². The molecule has 0 aliphatic carbocycles. The van der Waals surface area contributed by atoms with Crippen LogP contribution >= 0.6 is 11.8 Å². The van der Waals surface area contributed by atoms with Gasteiger partial charge in [-0.3, -0.25) is 0 Å². The Bertz CT molecular complexity index is 559. The van der Waals surface area contributed by atoms with E-state index in [-0.39, 0.29) is 0 Å². The first-order chi connectivity index (χ1) is 10.8. The zero-order valence-corrected chi connectivity index (χ0v) is 15.1. The number of hydrogen-bond acceptors (Lipinski definition) is 1. The molecule has 1 heteroatoms. The molecule has 0 spiro atoms. The lowest BCUT2D eigenvalue weighted by atomic mass is 10.0. The number of thioether (sulfide) groups is 1. The summed E-state index contributed by atoms with van der Waals surface area (Å²) in [6.45, 7) is 2.28. The van der Waals surface area contributed by atoms with Crippen molar-refractivity contribution < 1.29 is 0 Å². The van der Waals surface area contributed by atoms with E-state index in [2.05, 4.69) is 49.6 Å². The molecule has 2 rings (SSSR count). The van der Waals surface area contributed by atoms with Crippen LogP contribution in [0.25, 0.3) is 10.8 Å². The third kappa shape index (κ3) is 5.68. The van der Waals surface area contributed by atoms with E-state index >= 15 is 0 Å². The summed E-state index contributed by atoms with van der Waals surface area (Å²) in [4.78, 5) is 1.35. The van der Waals surface area contributed by atoms with Crippen LogP contribution in [0, 0.1) is 0 Å². The molecule has 0 aliphatic rings. The quantitative estimate of drug-likeness (QED) is 0.329. The predicted octanol–water partition coefficient (Wildman–Crippen LogP) is 7.24. The molecule has 0 bridgehead atoms. The molecule has 0 fully saturated rings. The van der Waals surface area contributed by atoms with Crippen molar-refractivity contribution in [1.29, 1.82) is 0 Å². The minimum absolute atomic E-state index is 1.23. The van der Waals surface area contributed by atoms with Crippen molar-refractivity contribution in [3.63, 3.8) is 0 Å². The highest BCUT2D eigenvalue weighted by Crippen LogP contribution is 2.23. The van der Waals surface area contributed by atoms with Crippen molar-refractivity contribution in [2.24, 2.45) is 0 Å². The first kappa shape index (κ1) is 17.4. The molecule has 0 unspecified atom stereocenters. The molecule has 0 N–H and O–H groups in total. The zero-order valence-electron chi connectivity index (χ0n) is 14.2. The van der Waals surface area contributed by atoms with Crippen LogP contribution in [-0.2, 0) is 6.42 Å². The zero-order chi connectivity index (χ0) is 15.6. The van der Waals surface area contributed by atoms with Gasteiger partial charge in [-0.2, -0.15) is 0 Å². The first-order valence-electron chi connectivity index (χ1n) is 8.90. The standard InChI is InChI=1S/C21H30S/c1-3-4-5-6-7-8-9-10-11-18-12-13-20-17-21(22-2)15-14-19(20)16-18/h12-17H,3-11H2,1-2H3. The Labute approximate surface area is 140 Å². The molecule has 0 heterocycles. The second-order valence-corrected chi connectivity index (χ2v) is 7.15. The average Bonchev–Trinajstić information content (AvgIpc) is 2.56. The van der Waals surface area contributed by atoms with E-state index in [1.807, 2.05) is 11.8 Å². The van der Waals surface area contributed by atoms with Crippen molar-refractivity contribution in [2.75, 3.05) is 6.26 Å². The van der Waals surface area contributed by atoms with Gasteiger partial charge in [0.05, 0.1) is 0 Å². The summed E-state index contributed by atoms with van der Waals surface area (Å²) in [6, 6.07) is 13.8. The molecule has 0 atom stereocenters. The highest BCUT2D eigenvalue weighted by molar-refractivity contribution is 7.98. The lowest BCUT2D eigenvalue weighted by Crippen LogP contribution is -1.87. The lowest BCUT2D eigenvalue weighted by Gasteiger charge is -2.06. The number of hydrogen-bond donors (Lipinski definition) is 0. The Morgan fingerprint density at radius 3 is 2.09 bits per heavy atom. The third-order valence-electron chi connectivity index (χ3n) is 4.43. The first-order valence-corrected chi connectivity index (χ1v) is 10.1. The van der Waals surface area contributed by atoms with Crippen molar-refractivity contribution in [1.82, 2.24) is 0 Å². The predicted molar refractivity (Wildman–Crippen MR) is 102 cm³/mol. The summed E-state index contributed by atoms with van der Waals surface area (Å²) >= 11 is 1.81. The SMILES string of the molecule is CCCCCCCCCCc1ccc2cc(SC)ccc2c1. The van der Waals surface area contributed by atoms with E-state index in [9.17, 15) is 0 Å². The van der Waals surface area contributed by atoms with Gasteiger partial charge in [0, 0.05) is 4.90 Å². The molecule has 0 saturated carbocycles. The fourth-order valence-electron chi connectivity index (χ4n) is 3.02. The van der Waals surface area contributed by atoms with Crippen molar-refractivity contribution in [3.8, 4) is 0 Å². The monoisotopic (exact) mass is 314 g/mol. The van der Waals surface area contributed by atoms with Gasteiger partial charge >= 0.3 is 0 Å². The van der Waals surface area contributed by atoms with Crippen molar-refractivity contribution >= 4 is 22.5 Å². The van der Waals surface area contributed by atoms with Gasteiger partial charge < -0.3 is 0 Å². The molecule has 22 heavy (non-hydrogen) atoms.